The molecule has 0 aliphatic rings. The van der Waals surface area contributed by atoms with E-state index in [2.05, 4.69) is 21.2 Å². The molecule has 5 heteroatoms. The number of benzene rings is 1. The summed E-state index contributed by atoms with van der Waals surface area (Å²) in [6.07, 6.45) is 0. The third-order valence-corrected chi connectivity index (χ3v) is 2.70. The fourth-order valence-electron chi connectivity index (χ4n) is 1.47. The van der Waals surface area contributed by atoms with E-state index in [1.807, 2.05) is 6.92 Å². The van der Waals surface area contributed by atoms with E-state index in [1.165, 1.54) is 12.1 Å². The SMILES string of the molecule is Cc1ccc(CNc2c(F)cc(Br)cc2F)o1. The summed E-state index contributed by atoms with van der Waals surface area (Å²) in [6.45, 7) is 2.05. The van der Waals surface area contributed by atoms with Gasteiger partial charge < -0.3 is 9.73 Å². The van der Waals surface area contributed by atoms with Crippen molar-refractivity contribution >= 4 is 21.6 Å². The third-order valence-electron chi connectivity index (χ3n) is 2.24. The number of rotatable bonds is 3. The number of hydrogen-bond acceptors (Lipinski definition) is 2. The van der Waals surface area contributed by atoms with Crippen molar-refractivity contribution in [3.63, 3.8) is 0 Å². The van der Waals surface area contributed by atoms with Gasteiger partial charge in [-0.3, -0.25) is 0 Å². The van der Waals surface area contributed by atoms with Gasteiger partial charge in [-0.2, -0.15) is 0 Å². The molecule has 1 N–H and O–H groups in total. The van der Waals surface area contributed by atoms with Gasteiger partial charge in [0, 0.05) is 4.47 Å². The van der Waals surface area contributed by atoms with Crippen LogP contribution in [-0.4, -0.2) is 0 Å². The monoisotopic (exact) mass is 301 g/mol. The average molecular weight is 302 g/mol. The second kappa shape index (κ2) is 4.87. The van der Waals surface area contributed by atoms with Crippen molar-refractivity contribution in [2.24, 2.45) is 0 Å². The lowest BCUT2D eigenvalue weighted by molar-refractivity contribution is 0.489. The van der Waals surface area contributed by atoms with Gasteiger partial charge in [-0.1, -0.05) is 15.9 Å². The van der Waals surface area contributed by atoms with Crippen molar-refractivity contribution in [3.05, 3.63) is 51.9 Å². The molecular weight excluding hydrogens is 292 g/mol. The molecule has 17 heavy (non-hydrogen) atoms. The van der Waals surface area contributed by atoms with E-state index in [0.29, 0.717) is 10.2 Å². The first-order chi connectivity index (χ1) is 8.06. The van der Waals surface area contributed by atoms with Crippen LogP contribution in [0, 0.1) is 18.6 Å². The number of furan rings is 1. The molecule has 0 radical (unpaired) electrons. The fourth-order valence-corrected chi connectivity index (χ4v) is 1.87. The summed E-state index contributed by atoms with van der Waals surface area (Å²) >= 11 is 3.02. The molecule has 0 amide bonds. The maximum atomic E-state index is 13.5. The summed E-state index contributed by atoms with van der Waals surface area (Å²) < 4.78 is 32.6. The van der Waals surface area contributed by atoms with Crippen LogP contribution in [-0.2, 0) is 6.54 Å². The second-order valence-electron chi connectivity index (χ2n) is 3.61. The number of hydrogen-bond donors (Lipinski definition) is 1. The van der Waals surface area contributed by atoms with Crippen LogP contribution < -0.4 is 5.32 Å². The van der Waals surface area contributed by atoms with Crippen molar-refractivity contribution in [2.45, 2.75) is 13.5 Å². The van der Waals surface area contributed by atoms with E-state index in [9.17, 15) is 8.78 Å². The van der Waals surface area contributed by atoms with Gasteiger partial charge in [-0.05, 0) is 31.2 Å². The lowest BCUT2D eigenvalue weighted by Gasteiger charge is -2.07. The van der Waals surface area contributed by atoms with E-state index in [4.69, 9.17) is 4.42 Å². The Morgan fingerprint density at radius 2 is 1.88 bits per heavy atom. The second-order valence-corrected chi connectivity index (χ2v) is 4.53. The molecule has 2 aromatic rings. The third kappa shape index (κ3) is 2.85. The standard InChI is InChI=1S/C12H10BrF2NO/c1-7-2-3-9(17-7)6-16-12-10(14)4-8(13)5-11(12)15/h2-5,16H,6H2,1H3. The first-order valence-electron chi connectivity index (χ1n) is 5.00. The highest BCUT2D eigenvalue weighted by Gasteiger charge is 2.10. The Hall–Kier alpha value is -1.36. The number of aryl methyl sites for hydroxylation is 1. The molecule has 1 aromatic heterocycles. The Morgan fingerprint density at radius 1 is 1.24 bits per heavy atom. The van der Waals surface area contributed by atoms with Crippen molar-refractivity contribution in [2.75, 3.05) is 5.32 Å². The molecule has 1 aromatic carbocycles. The van der Waals surface area contributed by atoms with E-state index in [-0.39, 0.29) is 12.2 Å². The van der Waals surface area contributed by atoms with Crippen LogP contribution in [0.2, 0.25) is 0 Å². The summed E-state index contributed by atoms with van der Waals surface area (Å²) in [5, 5.41) is 2.67. The molecular formula is C12H10BrF2NO. The molecule has 0 bridgehead atoms. The van der Waals surface area contributed by atoms with E-state index < -0.39 is 11.6 Å². The zero-order valence-electron chi connectivity index (χ0n) is 9.06. The van der Waals surface area contributed by atoms with Crippen LogP contribution in [0.25, 0.3) is 0 Å². The Morgan fingerprint density at radius 3 is 2.41 bits per heavy atom. The largest absolute Gasteiger partial charge is 0.465 e. The topological polar surface area (TPSA) is 25.2 Å². The van der Waals surface area contributed by atoms with Gasteiger partial charge in [-0.25, -0.2) is 8.78 Å². The van der Waals surface area contributed by atoms with Gasteiger partial charge in [0.25, 0.3) is 0 Å². The van der Waals surface area contributed by atoms with Gasteiger partial charge in [0.2, 0.25) is 0 Å². The predicted molar refractivity (Wildman–Crippen MR) is 64.8 cm³/mol. The van der Waals surface area contributed by atoms with Crippen molar-refractivity contribution < 1.29 is 13.2 Å². The zero-order valence-corrected chi connectivity index (χ0v) is 10.6. The van der Waals surface area contributed by atoms with Crippen LogP contribution in [0.1, 0.15) is 11.5 Å². The summed E-state index contributed by atoms with van der Waals surface area (Å²) in [6, 6.07) is 5.97. The molecule has 0 saturated carbocycles. The van der Waals surface area contributed by atoms with Crippen LogP contribution in [0.15, 0.2) is 33.2 Å². The van der Waals surface area contributed by atoms with E-state index >= 15 is 0 Å². The molecule has 2 nitrogen and oxygen atoms in total. The highest BCUT2D eigenvalue weighted by atomic mass is 79.9. The van der Waals surface area contributed by atoms with Gasteiger partial charge in [-0.15, -0.1) is 0 Å². The maximum absolute atomic E-state index is 13.5. The Balaban J connectivity index is 2.14. The average Bonchev–Trinajstić information content (AvgIpc) is 2.62. The van der Waals surface area contributed by atoms with Gasteiger partial charge in [0.1, 0.15) is 28.8 Å². The summed E-state index contributed by atoms with van der Waals surface area (Å²) in [7, 11) is 0. The molecule has 0 spiro atoms. The lowest BCUT2D eigenvalue weighted by Crippen LogP contribution is -2.03. The van der Waals surface area contributed by atoms with Crippen LogP contribution >= 0.6 is 15.9 Å². The normalized spacial score (nSPS) is 10.6. The highest BCUT2D eigenvalue weighted by Crippen LogP contribution is 2.24. The quantitative estimate of drug-likeness (QED) is 0.917. The van der Waals surface area contributed by atoms with Gasteiger partial charge in [0.05, 0.1) is 6.54 Å². The van der Waals surface area contributed by atoms with Crippen molar-refractivity contribution in [1.82, 2.24) is 0 Å². The molecule has 0 unspecified atom stereocenters. The first kappa shape index (κ1) is 12.1. The molecule has 1 heterocycles. The smallest absolute Gasteiger partial charge is 0.150 e. The molecule has 0 saturated heterocycles. The zero-order chi connectivity index (χ0) is 12.4. The fraction of sp³-hybridized carbons (Fsp3) is 0.167. The van der Waals surface area contributed by atoms with Crippen molar-refractivity contribution in [1.29, 1.82) is 0 Å². The number of anilines is 1. The lowest BCUT2D eigenvalue weighted by atomic mass is 10.3. The first-order valence-corrected chi connectivity index (χ1v) is 5.79. The van der Waals surface area contributed by atoms with Crippen molar-refractivity contribution in [3.8, 4) is 0 Å². The molecule has 0 atom stereocenters. The summed E-state index contributed by atoms with van der Waals surface area (Å²) in [5.41, 5.74) is -0.151. The predicted octanol–water partition coefficient (Wildman–Crippen LogP) is 4.24. The minimum absolute atomic E-state index is 0.151. The van der Waals surface area contributed by atoms with Crippen LogP contribution in [0.3, 0.4) is 0 Å². The number of nitrogens with one attached hydrogen (secondary N) is 1. The minimum Gasteiger partial charge on any atom is -0.465 e. The Bertz CT molecular complexity index is 516. The summed E-state index contributed by atoms with van der Waals surface area (Å²) in [4.78, 5) is 0. The molecule has 2 rings (SSSR count). The summed E-state index contributed by atoms with van der Waals surface area (Å²) in [5.74, 6) is 0.114. The van der Waals surface area contributed by atoms with Crippen LogP contribution in [0.4, 0.5) is 14.5 Å². The van der Waals surface area contributed by atoms with E-state index in [1.54, 1.807) is 12.1 Å². The minimum atomic E-state index is -0.639. The molecule has 90 valence electrons. The highest BCUT2D eigenvalue weighted by molar-refractivity contribution is 9.10. The Labute approximate surface area is 106 Å². The van der Waals surface area contributed by atoms with Gasteiger partial charge >= 0.3 is 0 Å². The van der Waals surface area contributed by atoms with Crippen LogP contribution in [0.5, 0.6) is 0 Å². The molecule has 0 aliphatic heterocycles. The molecule has 0 aliphatic carbocycles. The van der Waals surface area contributed by atoms with E-state index in [0.717, 1.165) is 5.76 Å². The Kier molecular flexibility index (Phi) is 3.47. The molecule has 0 fully saturated rings. The van der Waals surface area contributed by atoms with Gasteiger partial charge in [0.15, 0.2) is 0 Å². The maximum Gasteiger partial charge on any atom is 0.150 e. The number of halogens is 3.